The Hall–Kier alpha value is -3.08. The number of amides is 1. The number of rotatable bonds is 8. The van der Waals surface area contributed by atoms with Crippen LogP contribution < -0.4 is 10.1 Å². The van der Waals surface area contributed by atoms with Gasteiger partial charge in [0.2, 0.25) is 5.91 Å². The van der Waals surface area contributed by atoms with Gasteiger partial charge in [-0.25, -0.2) is 4.98 Å². The second-order valence-electron chi connectivity index (χ2n) is 6.79. The second kappa shape index (κ2) is 9.22. The highest BCUT2D eigenvalue weighted by molar-refractivity contribution is 5.76. The molecule has 0 bridgehead atoms. The van der Waals surface area contributed by atoms with Crippen molar-refractivity contribution in [3.05, 3.63) is 71.7 Å². The molecule has 28 heavy (non-hydrogen) atoms. The highest BCUT2D eigenvalue weighted by Crippen LogP contribution is 2.22. The molecule has 0 radical (unpaired) electrons. The number of carbonyl (C=O) groups is 1. The van der Waals surface area contributed by atoms with E-state index < -0.39 is 0 Å². The number of nitrogens with one attached hydrogen (secondary N) is 1. The molecule has 5 nitrogen and oxygen atoms in total. The van der Waals surface area contributed by atoms with Gasteiger partial charge in [0, 0.05) is 18.4 Å². The summed E-state index contributed by atoms with van der Waals surface area (Å²) in [6.07, 6.45) is 3.33. The molecule has 0 aliphatic rings. The summed E-state index contributed by atoms with van der Waals surface area (Å²) >= 11 is 0. The van der Waals surface area contributed by atoms with Crippen molar-refractivity contribution >= 4 is 5.91 Å². The number of hydrogen-bond acceptors (Lipinski definition) is 4. The molecule has 0 saturated heterocycles. The van der Waals surface area contributed by atoms with Crippen LogP contribution in [0.5, 0.6) is 5.75 Å². The summed E-state index contributed by atoms with van der Waals surface area (Å²) in [5.74, 6) is 2.08. The first-order valence-electron chi connectivity index (χ1n) is 9.54. The standard InChI is InChI=1S/C23H26N2O3/c1-4-20(17-9-11-19(27-3)12-10-17)25-22(26)13-14-23-24-15-21(28-23)18-7-5-16(2)6-8-18/h5-12,15,20H,4,13-14H2,1-3H3,(H,25,26). The van der Waals surface area contributed by atoms with Crippen LogP contribution in [0.2, 0.25) is 0 Å². The quantitative estimate of drug-likeness (QED) is 0.608. The Morgan fingerprint density at radius 1 is 1.14 bits per heavy atom. The first-order valence-corrected chi connectivity index (χ1v) is 9.54. The zero-order valence-electron chi connectivity index (χ0n) is 16.6. The summed E-state index contributed by atoms with van der Waals surface area (Å²) in [4.78, 5) is 16.7. The molecule has 1 amide bonds. The van der Waals surface area contributed by atoms with E-state index in [0.717, 1.165) is 29.1 Å². The Morgan fingerprint density at radius 2 is 1.86 bits per heavy atom. The molecular weight excluding hydrogens is 352 g/mol. The monoisotopic (exact) mass is 378 g/mol. The number of methoxy groups -OCH3 is 1. The smallest absolute Gasteiger partial charge is 0.220 e. The summed E-state index contributed by atoms with van der Waals surface area (Å²) < 4.78 is 11.0. The molecular formula is C23H26N2O3. The maximum atomic E-state index is 12.4. The Morgan fingerprint density at radius 3 is 2.50 bits per heavy atom. The van der Waals surface area contributed by atoms with Crippen molar-refractivity contribution in [3.8, 4) is 17.1 Å². The summed E-state index contributed by atoms with van der Waals surface area (Å²) in [5, 5.41) is 3.09. The molecule has 0 aliphatic heterocycles. The van der Waals surface area contributed by atoms with Crippen LogP contribution in [0, 0.1) is 6.92 Å². The number of aromatic nitrogens is 1. The van der Waals surface area contributed by atoms with E-state index in [4.69, 9.17) is 9.15 Å². The van der Waals surface area contributed by atoms with Crippen LogP contribution >= 0.6 is 0 Å². The van der Waals surface area contributed by atoms with E-state index in [9.17, 15) is 4.79 Å². The molecule has 3 aromatic rings. The van der Waals surface area contributed by atoms with E-state index >= 15 is 0 Å². The van der Waals surface area contributed by atoms with Crippen LogP contribution in [-0.2, 0) is 11.2 Å². The zero-order valence-corrected chi connectivity index (χ0v) is 16.6. The van der Waals surface area contributed by atoms with Crippen molar-refractivity contribution in [1.29, 1.82) is 0 Å². The van der Waals surface area contributed by atoms with Gasteiger partial charge in [-0.1, -0.05) is 48.9 Å². The summed E-state index contributed by atoms with van der Waals surface area (Å²) in [5.41, 5.74) is 3.25. The van der Waals surface area contributed by atoms with Crippen LogP contribution in [0.4, 0.5) is 0 Å². The normalized spacial score (nSPS) is 11.8. The maximum absolute atomic E-state index is 12.4. The van der Waals surface area contributed by atoms with Gasteiger partial charge in [-0.15, -0.1) is 0 Å². The van der Waals surface area contributed by atoms with Crippen molar-refractivity contribution in [2.24, 2.45) is 0 Å². The highest BCUT2D eigenvalue weighted by Gasteiger charge is 2.14. The number of hydrogen-bond donors (Lipinski definition) is 1. The zero-order chi connectivity index (χ0) is 19.9. The van der Waals surface area contributed by atoms with Crippen LogP contribution in [0.25, 0.3) is 11.3 Å². The largest absolute Gasteiger partial charge is 0.497 e. The second-order valence-corrected chi connectivity index (χ2v) is 6.79. The van der Waals surface area contributed by atoms with Crippen molar-refractivity contribution in [1.82, 2.24) is 10.3 Å². The molecule has 3 rings (SSSR count). The average Bonchev–Trinajstić information content (AvgIpc) is 3.20. The van der Waals surface area contributed by atoms with E-state index in [1.165, 1.54) is 5.56 Å². The highest BCUT2D eigenvalue weighted by atomic mass is 16.5. The fourth-order valence-corrected chi connectivity index (χ4v) is 3.02. The van der Waals surface area contributed by atoms with Gasteiger partial charge in [0.1, 0.15) is 5.75 Å². The molecule has 1 heterocycles. The summed E-state index contributed by atoms with van der Waals surface area (Å²) in [6.45, 7) is 4.10. The minimum atomic E-state index is -0.0221. The first-order chi connectivity index (χ1) is 13.6. The van der Waals surface area contributed by atoms with Crippen LogP contribution in [0.3, 0.4) is 0 Å². The lowest BCUT2D eigenvalue weighted by Gasteiger charge is -2.17. The molecule has 0 aliphatic carbocycles. The Kier molecular flexibility index (Phi) is 6.48. The number of nitrogens with zero attached hydrogens (tertiary/aromatic N) is 1. The molecule has 146 valence electrons. The average molecular weight is 378 g/mol. The van der Waals surface area contributed by atoms with Crippen molar-refractivity contribution in [2.45, 2.75) is 39.2 Å². The molecule has 0 fully saturated rings. The van der Waals surface area contributed by atoms with Gasteiger partial charge in [0.25, 0.3) is 0 Å². The molecule has 1 unspecified atom stereocenters. The van der Waals surface area contributed by atoms with Crippen LogP contribution in [0.1, 0.15) is 42.8 Å². The predicted octanol–water partition coefficient (Wildman–Crippen LogP) is 4.86. The molecule has 1 atom stereocenters. The van der Waals surface area contributed by atoms with E-state index in [0.29, 0.717) is 18.7 Å². The lowest BCUT2D eigenvalue weighted by molar-refractivity contribution is -0.121. The van der Waals surface area contributed by atoms with Crippen molar-refractivity contribution < 1.29 is 13.9 Å². The molecule has 5 heteroatoms. The number of benzene rings is 2. The van der Waals surface area contributed by atoms with Gasteiger partial charge < -0.3 is 14.5 Å². The maximum Gasteiger partial charge on any atom is 0.220 e. The lowest BCUT2D eigenvalue weighted by atomic mass is 10.0. The topological polar surface area (TPSA) is 64.4 Å². The number of oxazole rings is 1. The van der Waals surface area contributed by atoms with Gasteiger partial charge in [0.05, 0.1) is 19.3 Å². The molecule has 0 spiro atoms. The van der Waals surface area contributed by atoms with Crippen molar-refractivity contribution in [3.63, 3.8) is 0 Å². The first kappa shape index (κ1) is 19.7. The van der Waals surface area contributed by atoms with Crippen LogP contribution in [-0.4, -0.2) is 18.0 Å². The predicted molar refractivity (Wildman–Crippen MR) is 109 cm³/mol. The van der Waals surface area contributed by atoms with E-state index in [1.807, 2.05) is 55.5 Å². The van der Waals surface area contributed by atoms with Gasteiger partial charge in [0.15, 0.2) is 11.7 Å². The summed E-state index contributed by atoms with van der Waals surface area (Å²) in [7, 11) is 1.64. The minimum Gasteiger partial charge on any atom is -0.497 e. The molecule has 2 aromatic carbocycles. The van der Waals surface area contributed by atoms with E-state index in [-0.39, 0.29) is 11.9 Å². The van der Waals surface area contributed by atoms with Gasteiger partial charge >= 0.3 is 0 Å². The fraction of sp³-hybridized carbons (Fsp3) is 0.304. The van der Waals surface area contributed by atoms with E-state index in [1.54, 1.807) is 13.3 Å². The molecule has 1 N–H and O–H groups in total. The summed E-state index contributed by atoms with van der Waals surface area (Å²) in [6, 6.07) is 15.8. The SMILES string of the molecule is CCC(NC(=O)CCc1ncc(-c2ccc(C)cc2)o1)c1ccc(OC)cc1. The Balaban J connectivity index is 1.55. The molecule has 0 saturated carbocycles. The van der Waals surface area contributed by atoms with Crippen molar-refractivity contribution in [2.75, 3.05) is 7.11 Å². The van der Waals surface area contributed by atoms with Crippen LogP contribution in [0.15, 0.2) is 59.1 Å². The number of carbonyl (C=O) groups excluding carboxylic acids is 1. The van der Waals surface area contributed by atoms with E-state index in [2.05, 4.69) is 17.2 Å². The lowest BCUT2D eigenvalue weighted by Crippen LogP contribution is -2.28. The third-order valence-electron chi connectivity index (χ3n) is 4.72. The number of ether oxygens (including phenoxy) is 1. The Labute approximate surface area is 165 Å². The molecule has 1 aromatic heterocycles. The third kappa shape index (κ3) is 5.00. The Bertz CT molecular complexity index is 898. The third-order valence-corrected chi connectivity index (χ3v) is 4.72. The van der Waals surface area contributed by atoms with Gasteiger partial charge in [-0.05, 0) is 31.0 Å². The minimum absolute atomic E-state index is 0.0160. The van der Waals surface area contributed by atoms with Gasteiger partial charge in [-0.3, -0.25) is 4.79 Å². The fourth-order valence-electron chi connectivity index (χ4n) is 3.02. The number of aryl methyl sites for hydroxylation is 2. The van der Waals surface area contributed by atoms with Gasteiger partial charge in [-0.2, -0.15) is 0 Å².